The quantitative estimate of drug-likeness (QED) is 0.775. The zero-order chi connectivity index (χ0) is 11.3. The van der Waals surface area contributed by atoms with Gasteiger partial charge in [0.25, 0.3) is 0 Å². The van der Waals surface area contributed by atoms with E-state index in [1.807, 2.05) is 0 Å². The lowest BCUT2D eigenvalue weighted by atomic mass is 10.3. The van der Waals surface area contributed by atoms with Crippen molar-refractivity contribution in [3.8, 4) is 0 Å². The van der Waals surface area contributed by atoms with Gasteiger partial charge in [-0.05, 0) is 37.6 Å². The number of benzene rings is 1. The fourth-order valence-corrected chi connectivity index (χ4v) is 2.24. The van der Waals surface area contributed by atoms with Crippen LogP contribution in [0.1, 0.15) is 19.8 Å². The molecule has 0 aromatic heterocycles. The maximum atomic E-state index is 12.6. The number of hydrogen-bond donors (Lipinski definition) is 0. The summed E-state index contributed by atoms with van der Waals surface area (Å²) in [4.78, 5) is 11.3. The van der Waals surface area contributed by atoms with E-state index in [-0.39, 0.29) is 11.6 Å². The lowest BCUT2D eigenvalue weighted by Crippen LogP contribution is -2.00. The molecule has 0 saturated carbocycles. The first-order valence-electron chi connectivity index (χ1n) is 4.73. The van der Waals surface area contributed by atoms with Crippen LogP contribution in [0.15, 0.2) is 29.2 Å². The van der Waals surface area contributed by atoms with Crippen LogP contribution in [-0.4, -0.2) is 15.7 Å². The average molecular weight is 228 g/mol. The number of halogens is 1. The molecule has 4 heteroatoms. The van der Waals surface area contributed by atoms with Gasteiger partial charge in [0, 0.05) is 17.1 Å². The Morgan fingerprint density at radius 2 is 1.93 bits per heavy atom. The minimum Gasteiger partial charge on any atom is -0.300 e. The fraction of sp³-hybridized carbons (Fsp3) is 0.364. The van der Waals surface area contributed by atoms with Crippen molar-refractivity contribution in [2.45, 2.75) is 24.7 Å². The molecule has 1 unspecified atom stereocenters. The number of carbonyl (C=O) groups excluding carboxylic acids is 1. The summed E-state index contributed by atoms with van der Waals surface area (Å²) in [5, 5.41) is 0. The van der Waals surface area contributed by atoms with Crippen LogP contribution in [0.5, 0.6) is 0 Å². The molecule has 0 N–H and O–H groups in total. The third-order valence-electron chi connectivity index (χ3n) is 1.94. The van der Waals surface area contributed by atoms with E-state index < -0.39 is 10.8 Å². The molecule has 0 heterocycles. The minimum atomic E-state index is -1.13. The van der Waals surface area contributed by atoms with Crippen molar-refractivity contribution in [2.24, 2.45) is 0 Å². The van der Waals surface area contributed by atoms with Crippen molar-refractivity contribution in [2.75, 3.05) is 5.75 Å². The summed E-state index contributed by atoms with van der Waals surface area (Å²) in [7, 11) is -1.13. The molecule has 0 spiro atoms. The number of Topliss-reactive ketones (excluding diaryl/α,β-unsaturated/α-hetero) is 1. The SMILES string of the molecule is CC(=O)CCCS(=O)c1ccc(F)cc1. The van der Waals surface area contributed by atoms with Crippen molar-refractivity contribution in [1.29, 1.82) is 0 Å². The van der Waals surface area contributed by atoms with E-state index >= 15 is 0 Å². The maximum absolute atomic E-state index is 12.6. The van der Waals surface area contributed by atoms with Crippen LogP contribution in [0, 0.1) is 5.82 Å². The van der Waals surface area contributed by atoms with Crippen LogP contribution in [0.25, 0.3) is 0 Å². The molecule has 1 aromatic rings. The van der Waals surface area contributed by atoms with Crippen molar-refractivity contribution < 1.29 is 13.4 Å². The first-order valence-corrected chi connectivity index (χ1v) is 6.05. The smallest absolute Gasteiger partial charge is 0.129 e. The zero-order valence-corrected chi connectivity index (χ0v) is 9.35. The highest BCUT2D eigenvalue weighted by molar-refractivity contribution is 7.85. The maximum Gasteiger partial charge on any atom is 0.129 e. The Morgan fingerprint density at radius 1 is 1.33 bits per heavy atom. The van der Waals surface area contributed by atoms with E-state index in [0.29, 0.717) is 23.5 Å². The lowest BCUT2D eigenvalue weighted by Gasteiger charge is -2.00. The molecule has 0 amide bonds. The van der Waals surface area contributed by atoms with Crippen molar-refractivity contribution in [1.82, 2.24) is 0 Å². The third-order valence-corrected chi connectivity index (χ3v) is 3.39. The highest BCUT2D eigenvalue weighted by Gasteiger charge is 2.04. The molecule has 1 atom stereocenters. The van der Waals surface area contributed by atoms with E-state index in [1.165, 1.54) is 31.2 Å². The second-order valence-corrected chi connectivity index (χ2v) is 4.88. The molecular weight excluding hydrogens is 215 g/mol. The number of carbonyl (C=O) groups is 1. The van der Waals surface area contributed by atoms with Gasteiger partial charge in [-0.1, -0.05) is 0 Å². The number of ketones is 1. The van der Waals surface area contributed by atoms with Gasteiger partial charge in [0.1, 0.15) is 11.6 Å². The standard InChI is InChI=1S/C11H13FO2S/c1-9(13)3-2-8-15(14)11-6-4-10(12)5-7-11/h4-7H,2-3,8H2,1H3. The highest BCUT2D eigenvalue weighted by atomic mass is 32.2. The Labute approximate surface area is 91.0 Å². The van der Waals surface area contributed by atoms with E-state index in [9.17, 15) is 13.4 Å². The van der Waals surface area contributed by atoms with Crippen LogP contribution < -0.4 is 0 Å². The minimum absolute atomic E-state index is 0.103. The molecule has 0 radical (unpaired) electrons. The molecule has 0 aliphatic rings. The molecule has 1 aromatic carbocycles. The van der Waals surface area contributed by atoms with Gasteiger partial charge in [-0.2, -0.15) is 0 Å². The van der Waals surface area contributed by atoms with Crippen LogP contribution in [0.4, 0.5) is 4.39 Å². The predicted molar refractivity (Wildman–Crippen MR) is 57.6 cm³/mol. The first-order chi connectivity index (χ1) is 7.09. The summed E-state index contributed by atoms with van der Waals surface area (Å²) in [6.45, 7) is 1.51. The Kier molecular flexibility index (Phi) is 4.62. The van der Waals surface area contributed by atoms with Gasteiger partial charge >= 0.3 is 0 Å². The highest BCUT2D eigenvalue weighted by Crippen LogP contribution is 2.09. The van der Waals surface area contributed by atoms with Gasteiger partial charge in [-0.25, -0.2) is 4.39 Å². The lowest BCUT2D eigenvalue weighted by molar-refractivity contribution is -0.117. The summed E-state index contributed by atoms with van der Waals surface area (Å²) in [5.74, 6) is 0.219. The normalized spacial score (nSPS) is 12.4. The van der Waals surface area contributed by atoms with Gasteiger partial charge < -0.3 is 4.79 Å². The molecule has 82 valence electrons. The van der Waals surface area contributed by atoms with Crippen LogP contribution >= 0.6 is 0 Å². The molecule has 0 bridgehead atoms. The van der Waals surface area contributed by atoms with Gasteiger partial charge in [0.2, 0.25) is 0 Å². The Bertz CT molecular complexity index is 359. The number of hydrogen-bond acceptors (Lipinski definition) is 2. The summed E-state index contributed by atoms with van der Waals surface area (Å²) in [6.07, 6.45) is 1.06. The topological polar surface area (TPSA) is 34.1 Å². The molecular formula is C11H13FO2S. The van der Waals surface area contributed by atoms with Gasteiger partial charge in [-0.3, -0.25) is 4.21 Å². The number of rotatable bonds is 5. The van der Waals surface area contributed by atoms with Crippen molar-refractivity contribution >= 4 is 16.6 Å². The van der Waals surface area contributed by atoms with Gasteiger partial charge in [0.15, 0.2) is 0 Å². The first kappa shape index (κ1) is 12.0. The molecule has 1 rings (SSSR count). The molecule has 15 heavy (non-hydrogen) atoms. The van der Waals surface area contributed by atoms with Gasteiger partial charge in [-0.15, -0.1) is 0 Å². The fourth-order valence-electron chi connectivity index (χ4n) is 1.16. The summed E-state index contributed by atoms with van der Waals surface area (Å²) in [5.41, 5.74) is 0. The van der Waals surface area contributed by atoms with Crippen LogP contribution in [0.3, 0.4) is 0 Å². The Hall–Kier alpha value is -1.03. The molecule has 0 aliphatic carbocycles. The van der Waals surface area contributed by atoms with E-state index in [4.69, 9.17) is 0 Å². The summed E-state index contributed by atoms with van der Waals surface area (Å²) >= 11 is 0. The van der Waals surface area contributed by atoms with Crippen LogP contribution in [0.2, 0.25) is 0 Å². The molecule has 2 nitrogen and oxygen atoms in total. The summed E-state index contributed by atoms with van der Waals surface area (Å²) < 4.78 is 24.2. The zero-order valence-electron chi connectivity index (χ0n) is 8.53. The predicted octanol–water partition coefficient (Wildman–Crippen LogP) is 2.30. The average Bonchev–Trinajstić information content (AvgIpc) is 2.18. The van der Waals surface area contributed by atoms with E-state index in [0.717, 1.165) is 0 Å². The van der Waals surface area contributed by atoms with Gasteiger partial charge in [0.05, 0.1) is 10.8 Å². The third kappa shape index (κ3) is 4.34. The van der Waals surface area contributed by atoms with E-state index in [2.05, 4.69) is 0 Å². The second kappa shape index (κ2) is 5.75. The monoisotopic (exact) mass is 228 g/mol. The molecule has 0 saturated heterocycles. The van der Waals surface area contributed by atoms with E-state index in [1.54, 1.807) is 0 Å². The Morgan fingerprint density at radius 3 is 2.47 bits per heavy atom. The molecule has 0 fully saturated rings. The second-order valence-electron chi connectivity index (χ2n) is 3.31. The molecule has 0 aliphatic heterocycles. The Balaban J connectivity index is 2.47. The van der Waals surface area contributed by atoms with Crippen LogP contribution in [-0.2, 0) is 15.6 Å². The van der Waals surface area contributed by atoms with Crippen molar-refractivity contribution in [3.63, 3.8) is 0 Å². The summed E-state index contributed by atoms with van der Waals surface area (Å²) in [6, 6.07) is 5.61. The van der Waals surface area contributed by atoms with Crippen molar-refractivity contribution in [3.05, 3.63) is 30.1 Å². The largest absolute Gasteiger partial charge is 0.300 e.